The van der Waals surface area contributed by atoms with Crippen molar-refractivity contribution in [2.75, 3.05) is 12.0 Å². The molecule has 1 rings (SSSR count). The molecule has 0 aromatic carbocycles. The van der Waals surface area contributed by atoms with Gasteiger partial charge in [0, 0.05) is 17.2 Å². The quantitative estimate of drug-likeness (QED) is 0.843. The van der Waals surface area contributed by atoms with E-state index >= 15 is 0 Å². The van der Waals surface area contributed by atoms with E-state index in [1.165, 1.54) is 6.26 Å². The lowest BCUT2D eigenvalue weighted by atomic mass is 10.2. The van der Waals surface area contributed by atoms with Gasteiger partial charge in [-0.3, -0.25) is 0 Å². The molecule has 0 aliphatic rings. The first kappa shape index (κ1) is 16.0. The molecule has 19 heavy (non-hydrogen) atoms. The Morgan fingerprint density at radius 2 is 2.05 bits per heavy atom. The third-order valence-electron chi connectivity index (χ3n) is 2.62. The molecule has 2 atom stereocenters. The molecular formula is C12H20N2O3S2. The van der Waals surface area contributed by atoms with Crippen LogP contribution in [0, 0.1) is 0 Å². The molecule has 0 spiro atoms. The molecule has 1 aromatic rings. The highest BCUT2D eigenvalue weighted by Gasteiger charge is 2.13. The summed E-state index contributed by atoms with van der Waals surface area (Å²) in [5.41, 5.74) is 0. The molecule has 108 valence electrons. The second-order valence-corrected chi connectivity index (χ2v) is 7.91. The van der Waals surface area contributed by atoms with Crippen molar-refractivity contribution in [2.45, 2.75) is 32.4 Å². The summed E-state index contributed by atoms with van der Waals surface area (Å²) in [4.78, 5) is 12.8. The van der Waals surface area contributed by atoms with E-state index < -0.39 is 9.84 Å². The highest BCUT2D eigenvalue weighted by molar-refractivity contribution is 7.90. The number of thiophene rings is 1. The van der Waals surface area contributed by atoms with Crippen molar-refractivity contribution in [3.63, 3.8) is 0 Å². The molecular weight excluding hydrogens is 284 g/mol. The molecule has 7 heteroatoms. The first-order chi connectivity index (χ1) is 8.78. The fraction of sp³-hybridized carbons (Fsp3) is 0.583. The van der Waals surface area contributed by atoms with E-state index in [9.17, 15) is 13.2 Å². The predicted molar refractivity (Wildman–Crippen MR) is 78.2 cm³/mol. The summed E-state index contributed by atoms with van der Waals surface area (Å²) in [7, 11) is -2.98. The number of nitrogens with one attached hydrogen (secondary N) is 2. The standard InChI is InChI=1S/C12H20N2O3S2/c1-9(6-8-19(3,16)17)13-12(15)14-10(2)11-5-4-7-18-11/h4-5,7,9-10H,6,8H2,1-3H3,(H2,13,14,15)/t9-,10+/m1/s1. The van der Waals surface area contributed by atoms with Crippen molar-refractivity contribution in [3.8, 4) is 0 Å². The number of hydrogen-bond donors (Lipinski definition) is 2. The summed E-state index contributed by atoms with van der Waals surface area (Å²) >= 11 is 1.58. The first-order valence-electron chi connectivity index (χ1n) is 6.06. The van der Waals surface area contributed by atoms with Crippen LogP contribution >= 0.6 is 11.3 Å². The number of amides is 2. The molecule has 0 fully saturated rings. The molecule has 5 nitrogen and oxygen atoms in total. The lowest BCUT2D eigenvalue weighted by molar-refractivity contribution is 0.234. The topological polar surface area (TPSA) is 75.3 Å². The van der Waals surface area contributed by atoms with Gasteiger partial charge in [-0.05, 0) is 31.7 Å². The van der Waals surface area contributed by atoms with Crippen LogP contribution in [0.3, 0.4) is 0 Å². The minimum absolute atomic E-state index is 0.0536. The van der Waals surface area contributed by atoms with Gasteiger partial charge in [-0.25, -0.2) is 13.2 Å². The third-order valence-corrected chi connectivity index (χ3v) is 4.65. The number of carbonyl (C=O) groups is 1. The van der Waals surface area contributed by atoms with Crippen molar-refractivity contribution >= 4 is 27.2 Å². The van der Waals surface area contributed by atoms with Gasteiger partial charge in [0.2, 0.25) is 0 Å². The lowest BCUT2D eigenvalue weighted by Gasteiger charge is -2.17. The third kappa shape index (κ3) is 6.58. The van der Waals surface area contributed by atoms with Gasteiger partial charge in [0.1, 0.15) is 9.84 Å². The molecule has 0 saturated heterocycles. The summed E-state index contributed by atoms with van der Waals surface area (Å²) < 4.78 is 22.1. The summed E-state index contributed by atoms with van der Waals surface area (Å²) in [5.74, 6) is 0.0783. The molecule has 2 amide bonds. The van der Waals surface area contributed by atoms with E-state index in [-0.39, 0.29) is 23.9 Å². The lowest BCUT2D eigenvalue weighted by Crippen LogP contribution is -2.42. The van der Waals surface area contributed by atoms with Gasteiger partial charge in [0.05, 0.1) is 11.8 Å². The first-order valence-corrected chi connectivity index (χ1v) is 9.00. The molecule has 0 radical (unpaired) electrons. The van der Waals surface area contributed by atoms with Crippen LogP contribution in [-0.4, -0.2) is 32.5 Å². The Morgan fingerprint density at radius 1 is 1.37 bits per heavy atom. The highest BCUT2D eigenvalue weighted by Crippen LogP contribution is 2.17. The SMILES string of the molecule is C[C@H](CCS(C)(=O)=O)NC(=O)N[C@@H](C)c1cccs1. The number of sulfone groups is 1. The number of rotatable bonds is 6. The fourth-order valence-electron chi connectivity index (χ4n) is 1.53. The summed E-state index contributed by atoms with van der Waals surface area (Å²) in [6.07, 6.45) is 1.61. The zero-order valence-corrected chi connectivity index (χ0v) is 13.0. The summed E-state index contributed by atoms with van der Waals surface area (Å²) in [6.45, 7) is 3.70. The molecule has 1 heterocycles. The Morgan fingerprint density at radius 3 is 2.58 bits per heavy atom. The number of urea groups is 1. The van der Waals surface area contributed by atoms with Crippen molar-refractivity contribution in [2.24, 2.45) is 0 Å². The van der Waals surface area contributed by atoms with Crippen molar-refractivity contribution in [3.05, 3.63) is 22.4 Å². The normalized spacial score (nSPS) is 14.7. The Balaban J connectivity index is 2.34. The van der Waals surface area contributed by atoms with Crippen molar-refractivity contribution in [1.82, 2.24) is 10.6 Å². The smallest absolute Gasteiger partial charge is 0.315 e. The van der Waals surface area contributed by atoms with Crippen LogP contribution in [-0.2, 0) is 9.84 Å². The van der Waals surface area contributed by atoms with Gasteiger partial charge in [-0.1, -0.05) is 6.07 Å². The van der Waals surface area contributed by atoms with Crippen LogP contribution in [0.2, 0.25) is 0 Å². The van der Waals surface area contributed by atoms with Gasteiger partial charge in [-0.15, -0.1) is 11.3 Å². The van der Waals surface area contributed by atoms with E-state index in [0.717, 1.165) is 4.88 Å². The maximum absolute atomic E-state index is 11.7. The summed E-state index contributed by atoms with van der Waals surface area (Å²) in [6, 6.07) is 3.39. The van der Waals surface area contributed by atoms with E-state index in [0.29, 0.717) is 6.42 Å². The van der Waals surface area contributed by atoms with Crippen LogP contribution in [0.25, 0.3) is 0 Å². The van der Waals surface area contributed by atoms with Crippen molar-refractivity contribution in [1.29, 1.82) is 0 Å². The number of hydrogen-bond acceptors (Lipinski definition) is 4. The van der Waals surface area contributed by atoms with Gasteiger partial charge in [0.25, 0.3) is 0 Å². The predicted octanol–water partition coefficient (Wildman–Crippen LogP) is 1.93. The maximum Gasteiger partial charge on any atom is 0.315 e. The van der Waals surface area contributed by atoms with Gasteiger partial charge < -0.3 is 10.6 Å². The maximum atomic E-state index is 11.7. The Hall–Kier alpha value is -1.08. The Bertz CT molecular complexity index is 497. The average Bonchev–Trinajstić information content (AvgIpc) is 2.78. The van der Waals surface area contributed by atoms with Crippen LogP contribution < -0.4 is 10.6 Å². The Labute approximate surface area is 118 Å². The highest BCUT2D eigenvalue weighted by atomic mass is 32.2. The number of carbonyl (C=O) groups excluding carboxylic acids is 1. The second-order valence-electron chi connectivity index (χ2n) is 4.67. The minimum Gasteiger partial charge on any atom is -0.336 e. The Kier molecular flexibility index (Phi) is 5.81. The van der Waals surface area contributed by atoms with Gasteiger partial charge >= 0.3 is 6.03 Å². The van der Waals surface area contributed by atoms with Gasteiger partial charge in [-0.2, -0.15) is 0 Å². The van der Waals surface area contributed by atoms with Crippen LogP contribution in [0.5, 0.6) is 0 Å². The van der Waals surface area contributed by atoms with E-state index in [1.807, 2.05) is 24.4 Å². The molecule has 0 unspecified atom stereocenters. The molecule has 0 bridgehead atoms. The second kappa shape index (κ2) is 6.91. The molecule has 0 aliphatic heterocycles. The van der Waals surface area contributed by atoms with E-state index in [2.05, 4.69) is 10.6 Å². The average molecular weight is 304 g/mol. The van der Waals surface area contributed by atoms with E-state index in [1.54, 1.807) is 18.3 Å². The molecule has 0 saturated carbocycles. The van der Waals surface area contributed by atoms with Crippen LogP contribution in [0.4, 0.5) is 4.79 Å². The zero-order valence-electron chi connectivity index (χ0n) is 11.3. The van der Waals surface area contributed by atoms with Crippen LogP contribution in [0.1, 0.15) is 31.2 Å². The minimum atomic E-state index is -2.98. The fourth-order valence-corrected chi connectivity index (χ4v) is 3.05. The summed E-state index contributed by atoms with van der Waals surface area (Å²) in [5, 5.41) is 7.52. The molecule has 1 aromatic heterocycles. The van der Waals surface area contributed by atoms with Crippen LogP contribution in [0.15, 0.2) is 17.5 Å². The molecule has 2 N–H and O–H groups in total. The van der Waals surface area contributed by atoms with Crippen molar-refractivity contribution < 1.29 is 13.2 Å². The zero-order chi connectivity index (χ0) is 14.5. The van der Waals surface area contributed by atoms with E-state index in [4.69, 9.17) is 0 Å². The monoisotopic (exact) mass is 304 g/mol. The largest absolute Gasteiger partial charge is 0.336 e. The van der Waals surface area contributed by atoms with Gasteiger partial charge in [0.15, 0.2) is 0 Å². The molecule has 0 aliphatic carbocycles.